The van der Waals surface area contributed by atoms with Crippen LogP contribution >= 0.6 is 0 Å². The second-order valence-electron chi connectivity index (χ2n) is 13.3. The fourth-order valence-electron chi connectivity index (χ4n) is 7.82. The largest absolute Gasteiger partial charge is 0.0616 e. The van der Waals surface area contributed by atoms with Crippen LogP contribution in [0.4, 0.5) is 0 Å². The Morgan fingerprint density at radius 2 is 0.600 bits per heavy atom. The van der Waals surface area contributed by atoms with Gasteiger partial charge in [0.2, 0.25) is 0 Å². The van der Waals surface area contributed by atoms with Crippen LogP contribution in [-0.4, -0.2) is 0 Å². The first kappa shape index (κ1) is 28.5. The van der Waals surface area contributed by atoms with E-state index < -0.39 is 0 Å². The van der Waals surface area contributed by atoms with Crippen molar-refractivity contribution in [1.29, 1.82) is 0 Å². The quantitative estimate of drug-likeness (QED) is 0.181. The fraction of sp³-hybridized carbons (Fsp3) is 0. The lowest BCUT2D eigenvalue weighted by molar-refractivity contribution is 1.63. The standard InChI is InChI=1S/C50H32/c1-3-11-37-28-39(20-16-33(37)8-1)40-24-25-49-47(41-21-17-34-9-2-4-12-38(34)29-41)26-27-48(50(49)32-40)43-23-19-35-18-22-42(30-44(35)31-43)46-15-7-13-36-10-5-6-14-45(36)46/h1-32H. The molecule has 0 aliphatic heterocycles. The Kier molecular flexibility index (Phi) is 6.60. The van der Waals surface area contributed by atoms with Gasteiger partial charge in [-0.25, -0.2) is 0 Å². The Bertz CT molecular complexity index is 2920. The number of fused-ring (bicyclic) bond motifs is 5. The zero-order valence-corrected chi connectivity index (χ0v) is 27.5. The van der Waals surface area contributed by atoms with Crippen LogP contribution in [-0.2, 0) is 0 Å². The first-order valence-corrected chi connectivity index (χ1v) is 17.3. The van der Waals surface area contributed by atoms with Gasteiger partial charge in [0.05, 0.1) is 0 Å². The summed E-state index contributed by atoms with van der Waals surface area (Å²) < 4.78 is 0. The zero-order chi connectivity index (χ0) is 33.0. The van der Waals surface area contributed by atoms with Crippen LogP contribution in [0.1, 0.15) is 0 Å². The molecule has 0 radical (unpaired) electrons. The van der Waals surface area contributed by atoms with E-state index in [-0.39, 0.29) is 0 Å². The van der Waals surface area contributed by atoms with Gasteiger partial charge in [0.25, 0.3) is 0 Å². The van der Waals surface area contributed by atoms with E-state index >= 15 is 0 Å². The minimum Gasteiger partial charge on any atom is -0.0616 e. The molecule has 0 aliphatic carbocycles. The third-order valence-electron chi connectivity index (χ3n) is 10.4. The van der Waals surface area contributed by atoms with Crippen molar-refractivity contribution in [2.24, 2.45) is 0 Å². The summed E-state index contributed by atoms with van der Waals surface area (Å²) in [6, 6.07) is 71.5. The lowest BCUT2D eigenvalue weighted by Gasteiger charge is -2.15. The Morgan fingerprint density at radius 3 is 1.26 bits per heavy atom. The van der Waals surface area contributed by atoms with Gasteiger partial charge in [-0.3, -0.25) is 0 Å². The van der Waals surface area contributed by atoms with Crippen molar-refractivity contribution < 1.29 is 0 Å². The van der Waals surface area contributed by atoms with Crippen LogP contribution in [0, 0.1) is 0 Å². The summed E-state index contributed by atoms with van der Waals surface area (Å²) in [5.41, 5.74) is 9.89. The summed E-state index contributed by atoms with van der Waals surface area (Å²) in [4.78, 5) is 0. The summed E-state index contributed by atoms with van der Waals surface area (Å²) in [6.45, 7) is 0. The van der Waals surface area contributed by atoms with Crippen molar-refractivity contribution in [2.75, 3.05) is 0 Å². The molecule has 0 amide bonds. The van der Waals surface area contributed by atoms with E-state index in [0.717, 1.165) is 0 Å². The average Bonchev–Trinajstić information content (AvgIpc) is 3.19. The summed E-state index contributed by atoms with van der Waals surface area (Å²) in [7, 11) is 0. The summed E-state index contributed by atoms with van der Waals surface area (Å²) >= 11 is 0. The molecule has 0 heterocycles. The van der Waals surface area contributed by atoms with E-state index in [2.05, 4.69) is 194 Å². The SMILES string of the molecule is c1ccc2cc(-c3ccc4c(-c5ccc6ccccc6c5)ccc(-c5ccc6ccc(-c7cccc8ccccc78)cc6c5)c4c3)ccc2c1. The molecule has 0 N–H and O–H groups in total. The van der Waals surface area contributed by atoms with Crippen LogP contribution in [0.15, 0.2) is 194 Å². The molecule has 0 saturated carbocycles. The number of hydrogen-bond acceptors (Lipinski definition) is 0. The second kappa shape index (κ2) is 11.6. The van der Waals surface area contributed by atoms with Gasteiger partial charge in [-0.15, -0.1) is 0 Å². The Hall–Kier alpha value is -6.50. The van der Waals surface area contributed by atoms with Crippen molar-refractivity contribution in [3.63, 3.8) is 0 Å². The van der Waals surface area contributed by atoms with Crippen LogP contribution < -0.4 is 0 Å². The molecule has 10 aromatic carbocycles. The van der Waals surface area contributed by atoms with Crippen molar-refractivity contribution in [3.8, 4) is 44.5 Å². The maximum absolute atomic E-state index is 2.40. The molecule has 0 saturated heterocycles. The molecule has 0 bridgehead atoms. The predicted molar refractivity (Wildman–Crippen MR) is 216 cm³/mol. The van der Waals surface area contributed by atoms with Gasteiger partial charge in [-0.1, -0.05) is 164 Å². The van der Waals surface area contributed by atoms with Gasteiger partial charge in [-0.2, -0.15) is 0 Å². The van der Waals surface area contributed by atoms with E-state index in [1.807, 2.05) is 0 Å². The first-order chi connectivity index (χ1) is 24.7. The van der Waals surface area contributed by atoms with Gasteiger partial charge in [0, 0.05) is 0 Å². The molecular formula is C50H32. The van der Waals surface area contributed by atoms with Gasteiger partial charge >= 0.3 is 0 Å². The highest BCUT2D eigenvalue weighted by atomic mass is 14.2. The van der Waals surface area contributed by atoms with Gasteiger partial charge in [0.15, 0.2) is 0 Å². The molecule has 232 valence electrons. The maximum atomic E-state index is 2.40. The third-order valence-corrected chi connectivity index (χ3v) is 10.4. The third kappa shape index (κ3) is 4.85. The summed E-state index contributed by atoms with van der Waals surface area (Å²) in [5, 5.41) is 12.6. The van der Waals surface area contributed by atoms with Gasteiger partial charge in [0.1, 0.15) is 0 Å². The molecular weight excluding hydrogens is 601 g/mol. The van der Waals surface area contributed by atoms with E-state index in [1.165, 1.54) is 98.4 Å². The molecule has 0 atom stereocenters. The van der Waals surface area contributed by atoms with Gasteiger partial charge in [-0.05, 0) is 129 Å². The Labute approximate surface area is 291 Å². The van der Waals surface area contributed by atoms with Crippen LogP contribution in [0.25, 0.3) is 98.4 Å². The number of hydrogen-bond donors (Lipinski definition) is 0. The summed E-state index contributed by atoms with van der Waals surface area (Å²) in [6.07, 6.45) is 0. The molecule has 10 rings (SSSR count). The normalized spacial score (nSPS) is 11.6. The molecule has 0 aromatic heterocycles. The molecule has 0 spiro atoms. The van der Waals surface area contributed by atoms with Gasteiger partial charge < -0.3 is 0 Å². The highest BCUT2D eigenvalue weighted by molar-refractivity contribution is 6.09. The maximum Gasteiger partial charge on any atom is -0.00930 e. The topological polar surface area (TPSA) is 0 Å². The fourth-order valence-corrected chi connectivity index (χ4v) is 7.82. The first-order valence-electron chi connectivity index (χ1n) is 17.3. The Balaban J connectivity index is 1.17. The molecule has 50 heavy (non-hydrogen) atoms. The zero-order valence-electron chi connectivity index (χ0n) is 27.5. The van der Waals surface area contributed by atoms with Crippen molar-refractivity contribution in [3.05, 3.63) is 194 Å². The molecule has 0 unspecified atom stereocenters. The molecule has 0 nitrogen and oxygen atoms in total. The second-order valence-corrected chi connectivity index (χ2v) is 13.3. The summed E-state index contributed by atoms with van der Waals surface area (Å²) in [5.74, 6) is 0. The van der Waals surface area contributed by atoms with E-state index in [1.54, 1.807) is 0 Å². The van der Waals surface area contributed by atoms with Crippen LogP contribution in [0.3, 0.4) is 0 Å². The Morgan fingerprint density at radius 1 is 0.180 bits per heavy atom. The highest BCUT2D eigenvalue weighted by Crippen LogP contribution is 2.40. The highest BCUT2D eigenvalue weighted by Gasteiger charge is 2.14. The average molecular weight is 633 g/mol. The molecule has 10 aromatic rings. The van der Waals surface area contributed by atoms with Crippen molar-refractivity contribution in [2.45, 2.75) is 0 Å². The number of benzene rings is 10. The van der Waals surface area contributed by atoms with E-state index in [9.17, 15) is 0 Å². The molecule has 0 heteroatoms. The predicted octanol–water partition coefficient (Wildman–Crippen LogP) is 14.1. The minimum absolute atomic E-state index is 1.22. The van der Waals surface area contributed by atoms with Crippen molar-refractivity contribution >= 4 is 53.9 Å². The van der Waals surface area contributed by atoms with E-state index in [4.69, 9.17) is 0 Å². The minimum atomic E-state index is 1.22. The lowest BCUT2D eigenvalue weighted by Crippen LogP contribution is -1.89. The smallest absolute Gasteiger partial charge is 0.00930 e. The number of rotatable bonds is 4. The molecule has 0 fully saturated rings. The van der Waals surface area contributed by atoms with E-state index in [0.29, 0.717) is 0 Å². The van der Waals surface area contributed by atoms with Crippen LogP contribution in [0.5, 0.6) is 0 Å². The monoisotopic (exact) mass is 632 g/mol. The lowest BCUT2D eigenvalue weighted by atomic mass is 9.88. The van der Waals surface area contributed by atoms with Crippen molar-refractivity contribution in [1.82, 2.24) is 0 Å². The van der Waals surface area contributed by atoms with Crippen LogP contribution in [0.2, 0.25) is 0 Å². The molecule has 0 aliphatic rings.